The molecule has 3 N–H and O–H groups in total. The molecule has 0 saturated carbocycles. The normalized spacial score (nSPS) is 11.8. The average molecular weight is 353 g/mol. The molecular formula is C18H15N3O5. The molecule has 0 aliphatic heterocycles. The number of nitrogens with one attached hydrogen (secondary N) is 2. The van der Waals surface area contributed by atoms with Crippen LogP contribution in [0, 0.1) is 10.1 Å². The van der Waals surface area contributed by atoms with E-state index in [0.717, 1.165) is 16.5 Å². The number of H-pyrrole nitrogens is 1. The summed E-state index contributed by atoms with van der Waals surface area (Å²) in [5.74, 6) is -1.77. The predicted octanol–water partition coefficient (Wildman–Crippen LogP) is 2.50. The molecule has 0 aliphatic carbocycles. The zero-order valence-corrected chi connectivity index (χ0v) is 13.5. The van der Waals surface area contributed by atoms with Crippen LogP contribution in [0.25, 0.3) is 10.9 Å². The number of carboxylic acid groups (broad SMARTS) is 1. The number of carboxylic acids is 1. The van der Waals surface area contributed by atoms with E-state index >= 15 is 0 Å². The Labute approximate surface area is 147 Å². The number of rotatable bonds is 6. The molecular weight excluding hydrogens is 338 g/mol. The highest BCUT2D eigenvalue weighted by atomic mass is 16.6. The molecule has 0 aliphatic rings. The van der Waals surface area contributed by atoms with Gasteiger partial charge in [-0.05, 0) is 23.8 Å². The van der Waals surface area contributed by atoms with Crippen LogP contribution in [0.2, 0.25) is 0 Å². The van der Waals surface area contributed by atoms with E-state index in [1.165, 1.54) is 24.3 Å². The number of fused-ring (bicyclic) bond motifs is 1. The van der Waals surface area contributed by atoms with E-state index in [1.54, 1.807) is 6.20 Å². The second-order valence-corrected chi connectivity index (χ2v) is 5.73. The second kappa shape index (κ2) is 7.06. The number of nitro groups is 1. The quantitative estimate of drug-likeness (QED) is 0.464. The summed E-state index contributed by atoms with van der Waals surface area (Å²) in [6, 6.07) is 11.3. The number of nitrogens with zero attached hydrogens (tertiary/aromatic N) is 1. The van der Waals surface area contributed by atoms with Crippen LogP contribution in [0.15, 0.2) is 54.7 Å². The molecule has 1 aromatic heterocycles. The largest absolute Gasteiger partial charge is 0.480 e. The molecule has 8 nitrogen and oxygen atoms in total. The molecule has 1 heterocycles. The standard InChI is InChI=1S/C18H15N3O5/c22-17(11-5-7-13(8-6-11)21(25)26)20-16(18(23)24)9-12-10-19-15-4-2-1-3-14(12)15/h1-8,10,16,19H,9H2,(H,20,22)(H,23,24)/t16-/m0/s1. The van der Waals surface area contributed by atoms with Crippen LogP contribution in [0.3, 0.4) is 0 Å². The van der Waals surface area contributed by atoms with Crippen molar-refractivity contribution in [1.29, 1.82) is 0 Å². The molecule has 26 heavy (non-hydrogen) atoms. The number of hydrogen-bond acceptors (Lipinski definition) is 4. The topological polar surface area (TPSA) is 125 Å². The van der Waals surface area contributed by atoms with Crippen molar-refractivity contribution in [3.63, 3.8) is 0 Å². The lowest BCUT2D eigenvalue weighted by atomic mass is 10.0. The van der Waals surface area contributed by atoms with Crippen LogP contribution in [0.5, 0.6) is 0 Å². The summed E-state index contributed by atoms with van der Waals surface area (Å²) >= 11 is 0. The highest BCUT2D eigenvalue weighted by molar-refractivity contribution is 5.97. The van der Waals surface area contributed by atoms with Gasteiger partial charge in [-0.2, -0.15) is 0 Å². The first kappa shape index (κ1) is 17.2. The molecule has 1 atom stereocenters. The molecule has 1 amide bonds. The van der Waals surface area contributed by atoms with Crippen molar-refractivity contribution in [3.8, 4) is 0 Å². The fraction of sp³-hybridized carbons (Fsp3) is 0.111. The van der Waals surface area contributed by atoms with Crippen LogP contribution in [-0.4, -0.2) is 32.9 Å². The van der Waals surface area contributed by atoms with Crippen LogP contribution in [-0.2, 0) is 11.2 Å². The van der Waals surface area contributed by atoms with Crippen LogP contribution in [0.1, 0.15) is 15.9 Å². The Balaban J connectivity index is 1.77. The third-order valence-corrected chi connectivity index (χ3v) is 4.04. The van der Waals surface area contributed by atoms with E-state index in [-0.39, 0.29) is 17.7 Å². The first-order valence-electron chi connectivity index (χ1n) is 7.79. The number of aromatic nitrogens is 1. The smallest absolute Gasteiger partial charge is 0.326 e. The van der Waals surface area contributed by atoms with Gasteiger partial charge in [0.2, 0.25) is 0 Å². The van der Waals surface area contributed by atoms with Gasteiger partial charge in [0, 0.05) is 41.2 Å². The molecule has 132 valence electrons. The number of benzene rings is 2. The number of aromatic amines is 1. The zero-order valence-electron chi connectivity index (χ0n) is 13.5. The second-order valence-electron chi connectivity index (χ2n) is 5.73. The number of non-ortho nitro benzene ring substituents is 1. The monoisotopic (exact) mass is 353 g/mol. The Hall–Kier alpha value is -3.68. The number of hydrogen-bond donors (Lipinski definition) is 3. The van der Waals surface area contributed by atoms with Crippen LogP contribution in [0.4, 0.5) is 5.69 Å². The highest BCUT2D eigenvalue weighted by Crippen LogP contribution is 2.19. The van der Waals surface area contributed by atoms with Crippen molar-refractivity contribution in [2.45, 2.75) is 12.5 Å². The Bertz CT molecular complexity index is 978. The average Bonchev–Trinajstić information content (AvgIpc) is 3.04. The molecule has 2 aromatic carbocycles. The Morgan fingerprint density at radius 1 is 1.15 bits per heavy atom. The minimum absolute atomic E-state index is 0.109. The van der Waals surface area contributed by atoms with E-state index in [0.29, 0.717) is 0 Å². The number of para-hydroxylation sites is 1. The van der Waals surface area contributed by atoms with E-state index in [2.05, 4.69) is 10.3 Å². The summed E-state index contributed by atoms with van der Waals surface area (Å²) in [6.07, 6.45) is 1.83. The molecule has 0 spiro atoms. The van der Waals surface area contributed by atoms with Gasteiger partial charge in [0.1, 0.15) is 6.04 Å². The molecule has 3 rings (SSSR count). The molecule has 0 unspecified atom stereocenters. The van der Waals surface area contributed by atoms with Gasteiger partial charge < -0.3 is 15.4 Å². The third-order valence-electron chi connectivity index (χ3n) is 4.04. The van der Waals surface area contributed by atoms with E-state index < -0.39 is 22.8 Å². The highest BCUT2D eigenvalue weighted by Gasteiger charge is 2.22. The first-order valence-corrected chi connectivity index (χ1v) is 7.79. The lowest BCUT2D eigenvalue weighted by Gasteiger charge is -2.14. The molecule has 8 heteroatoms. The maximum absolute atomic E-state index is 12.3. The van der Waals surface area contributed by atoms with Crippen molar-refractivity contribution in [3.05, 3.63) is 76.0 Å². The van der Waals surface area contributed by atoms with Crippen LogP contribution < -0.4 is 5.32 Å². The fourth-order valence-corrected chi connectivity index (χ4v) is 2.70. The summed E-state index contributed by atoms with van der Waals surface area (Å²) in [5.41, 5.74) is 1.67. The van der Waals surface area contributed by atoms with Crippen LogP contribution >= 0.6 is 0 Å². The SMILES string of the molecule is O=C(N[C@@H](Cc1c[nH]c2ccccc12)C(=O)O)c1ccc([N+](=O)[O-])cc1. The van der Waals surface area contributed by atoms with Crippen molar-refractivity contribution in [2.24, 2.45) is 0 Å². The van der Waals surface area contributed by atoms with Crippen molar-refractivity contribution in [2.75, 3.05) is 0 Å². The van der Waals surface area contributed by atoms with Crippen molar-refractivity contribution >= 4 is 28.5 Å². The summed E-state index contributed by atoms with van der Waals surface area (Å²) in [6.45, 7) is 0. The Morgan fingerprint density at radius 2 is 1.85 bits per heavy atom. The van der Waals surface area contributed by atoms with Crippen molar-refractivity contribution < 1.29 is 19.6 Å². The van der Waals surface area contributed by atoms with Gasteiger partial charge in [-0.15, -0.1) is 0 Å². The molecule has 0 bridgehead atoms. The maximum Gasteiger partial charge on any atom is 0.326 e. The van der Waals surface area contributed by atoms with Gasteiger partial charge in [-0.25, -0.2) is 4.79 Å². The number of carbonyl (C=O) groups is 2. The number of nitro benzene ring substituents is 1. The van der Waals surface area contributed by atoms with E-state index in [1.807, 2.05) is 24.3 Å². The van der Waals surface area contributed by atoms with E-state index in [4.69, 9.17) is 0 Å². The van der Waals surface area contributed by atoms with Gasteiger partial charge in [0.05, 0.1) is 4.92 Å². The van der Waals surface area contributed by atoms with Gasteiger partial charge >= 0.3 is 5.97 Å². The minimum atomic E-state index is -1.16. The first-order chi connectivity index (χ1) is 12.5. The van der Waals surface area contributed by atoms with Crippen molar-refractivity contribution in [1.82, 2.24) is 10.3 Å². The summed E-state index contributed by atoms with van der Waals surface area (Å²) in [4.78, 5) is 37.0. The van der Waals surface area contributed by atoms with Gasteiger partial charge in [0.25, 0.3) is 11.6 Å². The molecule has 3 aromatic rings. The summed E-state index contributed by atoms with van der Waals surface area (Å²) in [7, 11) is 0. The Kier molecular flexibility index (Phi) is 4.66. The lowest BCUT2D eigenvalue weighted by molar-refractivity contribution is -0.384. The van der Waals surface area contributed by atoms with Gasteiger partial charge in [-0.3, -0.25) is 14.9 Å². The number of carbonyl (C=O) groups excluding carboxylic acids is 1. The molecule has 0 saturated heterocycles. The van der Waals surface area contributed by atoms with Gasteiger partial charge in [-0.1, -0.05) is 18.2 Å². The zero-order chi connectivity index (χ0) is 18.7. The maximum atomic E-state index is 12.3. The lowest BCUT2D eigenvalue weighted by Crippen LogP contribution is -2.42. The Morgan fingerprint density at radius 3 is 2.50 bits per heavy atom. The number of amides is 1. The summed E-state index contributed by atoms with van der Waals surface area (Å²) < 4.78 is 0. The fourth-order valence-electron chi connectivity index (χ4n) is 2.70. The summed E-state index contributed by atoms with van der Waals surface area (Å²) in [5, 5.41) is 23.5. The third kappa shape index (κ3) is 3.54. The number of aliphatic carboxylic acids is 1. The van der Waals surface area contributed by atoms with E-state index in [9.17, 15) is 24.8 Å². The molecule has 0 fully saturated rings. The molecule has 0 radical (unpaired) electrons. The van der Waals surface area contributed by atoms with Gasteiger partial charge in [0.15, 0.2) is 0 Å². The predicted molar refractivity (Wildman–Crippen MR) is 94.0 cm³/mol. The minimum Gasteiger partial charge on any atom is -0.480 e.